The normalized spacial score (nSPS) is 21.4. The average Bonchev–Trinajstić information content (AvgIpc) is 1.44. The summed E-state index contributed by atoms with van der Waals surface area (Å²) in [6.45, 7) is 50.9. The van der Waals surface area contributed by atoms with E-state index in [0.717, 1.165) is 169 Å². The molecule has 0 spiro atoms. The van der Waals surface area contributed by atoms with Gasteiger partial charge in [0.25, 0.3) is 0 Å². The van der Waals surface area contributed by atoms with Crippen LogP contribution in [0.1, 0.15) is 207 Å². The van der Waals surface area contributed by atoms with Crippen LogP contribution in [0.5, 0.6) is 0 Å². The molecule has 0 aliphatic carbocycles. The van der Waals surface area contributed by atoms with Gasteiger partial charge >= 0.3 is 34.1 Å². The van der Waals surface area contributed by atoms with Gasteiger partial charge in [0, 0.05) is 183 Å². The second kappa shape index (κ2) is 61.1. The third kappa shape index (κ3) is 36.2. The molecule has 0 saturated carbocycles. The zero-order valence-corrected chi connectivity index (χ0v) is 86.4. The number of hydrogen-bond acceptors (Lipinski definition) is 36. The van der Waals surface area contributed by atoms with Crippen molar-refractivity contribution in [3.63, 3.8) is 0 Å². The van der Waals surface area contributed by atoms with Crippen LogP contribution in [-0.4, -0.2) is 275 Å². The third-order valence-electron chi connectivity index (χ3n) is 20.9. The monoisotopic (exact) mass is 1960 g/mol. The second-order valence-electron chi connectivity index (χ2n) is 32.3. The Morgan fingerprint density at radius 2 is 0.720 bits per heavy atom. The van der Waals surface area contributed by atoms with Crippen molar-refractivity contribution in [3.05, 3.63) is 136 Å². The summed E-state index contributed by atoms with van der Waals surface area (Å²) in [4.78, 5) is 109. The number of hydrogen-bond donors (Lipinski definition) is 1. The number of thioether (sulfide) groups is 6. The maximum atomic E-state index is 12.3. The molecular formula is C90H150N18O18S6. The van der Waals surface area contributed by atoms with E-state index in [2.05, 4.69) is 152 Å². The van der Waals surface area contributed by atoms with E-state index in [1.54, 1.807) is 142 Å². The lowest BCUT2D eigenvalue weighted by atomic mass is 10.1. The van der Waals surface area contributed by atoms with Crippen molar-refractivity contribution in [1.29, 1.82) is 0 Å². The van der Waals surface area contributed by atoms with E-state index in [4.69, 9.17) is 56.8 Å². The lowest BCUT2D eigenvalue weighted by molar-refractivity contribution is -0.0250. The molecule has 6 fully saturated rings. The lowest BCUT2D eigenvalue weighted by Crippen LogP contribution is -2.43. The summed E-state index contributed by atoms with van der Waals surface area (Å²) < 4.78 is 76.9. The standard InChI is InChI=1S/6C15H25N3O3S/c1-6-18(15(2,3)4)11-7-8-17(14(19)16-11)12-10-22-13(21-12)9-20-5;1-5-17(11(3)4)12-7-8-18(15(19)16-12)13-10-22-14(21-13)9-20-6-2;1-4-7-17(3)12-6-8-18(15(19)16-12)13-11-22-14(21-13)10-20-9-5-2;1-4-9-20-10-14-21-13(11-22-14)18-8-7-12(16-15(18)19)17(5-2)6-3;1-4-8-17(5-2)12-7-9-18(15(19)16-12)13-11-22-14(21-13)10-20-6-3;1-3-5-9-20-10-14-21-13(11-22-14)18-8-6-12(16-7-4-2)17-15(18)19/h7-8,12-13H,6,9-10H2,1-5H3;7-8,11,13-14H,5-6,9-10H2,1-4H3;6,8,13-14H,4-5,7,9-11H2,1-3H3;7-8,13-14H,4-6,9-11H2,1-3H3;7,9,13-14H,4-6,8,10-11H2,1-3H3;6,8,13-14H,3-5,7,9-11H2,1-2H3,(H,16,17,19)/t12-,13+;5*13-,14+/m111111/s1. The van der Waals surface area contributed by atoms with Crippen LogP contribution in [0.4, 0.5) is 34.9 Å². The summed E-state index contributed by atoms with van der Waals surface area (Å²) >= 11 is 10.0. The fraction of sp³-hybridized carbons (Fsp3) is 0.733. The van der Waals surface area contributed by atoms with Gasteiger partial charge in [0.2, 0.25) is 0 Å². The first-order valence-corrected chi connectivity index (χ1v) is 53.0. The fourth-order valence-corrected chi connectivity index (χ4v) is 20.3. The quantitative estimate of drug-likeness (QED) is 0.0347. The van der Waals surface area contributed by atoms with E-state index in [1.165, 1.54) is 0 Å². The van der Waals surface area contributed by atoms with Gasteiger partial charge in [-0.2, -0.15) is 29.9 Å². The first-order valence-electron chi connectivity index (χ1n) is 46.7. The van der Waals surface area contributed by atoms with Gasteiger partial charge < -0.3 is 86.7 Å². The Labute approximate surface area is 805 Å². The number of aromatic nitrogens is 12. The van der Waals surface area contributed by atoms with Gasteiger partial charge in [-0.15, -0.1) is 70.6 Å². The zero-order valence-electron chi connectivity index (χ0n) is 81.5. The Bertz CT molecular complexity index is 4630. The molecule has 6 aromatic heterocycles. The molecule has 12 atom stereocenters. The molecule has 132 heavy (non-hydrogen) atoms. The van der Waals surface area contributed by atoms with Crippen molar-refractivity contribution < 1.29 is 56.8 Å². The highest BCUT2D eigenvalue weighted by Crippen LogP contribution is 2.37. The third-order valence-corrected chi connectivity index (χ3v) is 27.5. The minimum absolute atomic E-state index is 0.00773. The van der Waals surface area contributed by atoms with Gasteiger partial charge in [-0.25, -0.2) is 28.8 Å². The summed E-state index contributed by atoms with van der Waals surface area (Å²) in [6.07, 6.45) is 16.3. The number of unbranched alkanes of at least 4 members (excludes halogenated alkanes) is 1. The Kier molecular flexibility index (Phi) is 52.2. The van der Waals surface area contributed by atoms with E-state index < -0.39 is 0 Å². The Morgan fingerprint density at radius 1 is 0.386 bits per heavy atom. The molecule has 0 amide bonds. The van der Waals surface area contributed by atoms with Gasteiger partial charge in [0.05, 0.1) is 39.6 Å². The summed E-state index contributed by atoms with van der Waals surface area (Å²) in [5.41, 5.74) is -1.75. The van der Waals surface area contributed by atoms with E-state index in [0.29, 0.717) is 76.4 Å². The molecule has 6 aromatic rings. The molecule has 1 N–H and O–H groups in total. The summed E-state index contributed by atoms with van der Waals surface area (Å²) in [5.74, 6) is 8.64. The predicted octanol–water partition coefficient (Wildman–Crippen LogP) is 13.0. The molecule has 0 bridgehead atoms. The summed E-state index contributed by atoms with van der Waals surface area (Å²) in [5, 5.41) is 3.11. The van der Waals surface area contributed by atoms with Crippen molar-refractivity contribution in [2.45, 2.75) is 251 Å². The molecule has 36 nitrogen and oxygen atoms in total. The van der Waals surface area contributed by atoms with Gasteiger partial charge in [0.1, 0.15) is 105 Å². The molecule has 0 aromatic carbocycles. The van der Waals surface area contributed by atoms with Crippen molar-refractivity contribution in [3.8, 4) is 0 Å². The first kappa shape index (κ1) is 113. The lowest BCUT2D eigenvalue weighted by Gasteiger charge is -2.35. The summed E-state index contributed by atoms with van der Waals surface area (Å²) in [7, 11) is 3.59. The van der Waals surface area contributed by atoms with E-state index in [-0.39, 0.29) is 110 Å². The van der Waals surface area contributed by atoms with Crippen molar-refractivity contribution in [2.24, 2.45) is 0 Å². The van der Waals surface area contributed by atoms with E-state index >= 15 is 0 Å². The second-order valence-corrected chi connectivity index (χ2v) is 39.4. The van der Waals surface area contributed by atoms with Crippen LogP contribution in [0, 0.1) is 0 Å². The van der Waals surface area contributed by atoms with E-state index in [1.807, 2.05) is 76.0 Å². The van der Waals surface area contributed by atoms with Crippen LogP contribution in [0.15, 0.2) is 102 Å². The maximum absolute atomic E-state index is 12.3. The van der Waals surface area contributed by atoms with Crippen molar-refractivity contribution in [1.82, 2.24) is 57.3 Å². The van der Waals surface area contributed by atoms with Gasteiger partial charge in [0.15, 0.2) is 0 Å². The molecule has 42 heteroatoms. The molecule has 6 aliphatic heterocycles. The topological polar surface area (TPSA) is 348 Å². The maximum Gasteiger partial charge on any atom is 0.351 e. The zero-order chi connectivity index (χ0) is 96.1. The SMILES string of the molecule is CCCCOC[C@H]1O[C@@H](n2ccc(NCCC)nc2=O)CS1.CCCN(CC)c1ccn([C@H]2CS[C@@H](COCC)O2)c(=O)n1.CCCOC[C@H]1O[C@@H](n2ccc(N(C)CCC)nc2=O)CS1.CCCOC[C@H]1O[C@@H](n2ccc(N(CC)CC)nc2=O)CS1.CCN(c1ccn([C@H]2CS[C@@H](COC)O2)c(=O)n1)C(C)(C)C.CCOC[C@H]1O[C@@H](n2ccc(N(CC)C(C)C)nc2=O)CS1. The first-order chi connectivity index (χ1) is 63.7. The van der Waals surface area contributed by atoms with Gasteiger partial charge in [-0.3, -0.25) is 27.4 Å². The highest BCUT2D eigenvalue weighted by atomic mass is 32.2. The van der Waals surface area contributed by atoms with Crippen molar-refractivity contribution in [2.75, 3.05) is 204 Å². The molecule has 6 aliphatic rings. The molecule has 0 radical (unpaired) electrons. The molecule has 12 rings (SSSR count). The minimum Gasteiger partial charge on any atom is -0.381 e. The van der Waals surface area contributed by atoms with Crippen LogP contribution in [0.3, 0.4) is 0 Å². The highest BCUT2D eigenvalue weighted by molar-refractivity contribution is 8.01. The van der Waals surface area contributed by atoms with Crippen LogP contribution in [0.2, 0.25) is 0 Å². The van der Waals surface area contributed by atoms with Crippen LogP contribution < -0.4 is 64.0 Å². The van der Waals surface area contributed by atoms with Crippen LogP contribution >= 0.6 is 70.6 Å². The molecular weight excluding hydrogens is 1810 g/mol. The minimum atomic E-state index is -0.278. The van der Waals surface area contributed by atoms with Gasteiger partial charge in [-0.05, 0) is 158 Å². The Hall–Kier alpha value is -6.30. The molecule has 0 unspecified atom stereocenters. The number of ether oxygens (including phenoxy) is 12. The number of methoxy groups -OCH3 is 1. The van der Waals surface area contributed by atoms with E-state index in [9.17, 15) is 28.8 Å². The molecule has 6 saturated heterocycles. The highest BCUT2D eigenvalue weighted by Gasteiger charge is 2.35. The van der Waals surface area contributed by atoms with Crippen molar-refractivity contribution >= 4 is 105 Å². The Balaban J connectivity index is 0.000000216. The smallest absolute Gasteiger partial charge is 0.351 e. The average molecular weight is 1960 g/mol. The predicted molar refractivity (Wildman–Crippen MR) is 537 cm³/mol. The number of anilines is 6. The van der Waals surface area contributed by atoms with Crippen LogP contribution in [0.25, 0.3) is 0 Å². The fourth-order valence-electron chi connectivity index (χ4n) is 14.1. The Morgan fingerprint density at radius 3 is 1.05 bits per heavy atom. The number of nitrogens with zero attached hydrogens (tertiary/aromatic N) is 17. The number of nitrogens with one attached hydrogen (secondary N) is 1. The largest absolute Gasteiger partial charge is 0.381 e. The van der Waals surface area contributed by atoms with Gasteiger partial charge in [-0.1, -0.05) is 48.0 Å². The molecule has 744 valence electrons. The van der Waals surface area contributed by atoms with Crippen LogP contribution in [-0.2, 0) is 56.8 Å². The summed E-state index contributed by atoms with van der Waals surface area (Å²) in [6, 6.07) is 11.5. The number of rotatable bonds is 45. The molecule has 12 heterocycles.